The van der Waals surface area contributed by atoms with Gasteiger partial charge in [0.05, 0.1) is 13.2 Å². The fourth-order valence-corrected chi connectivity index (χ4v) is 1.63. The van der Waals surface area contributed by atoms with E-state index in [2.05, 4.69) is 0 Å². The Morgan fingerprint density at radius 2 is 1.94 bits per heavy atom. The van der Waals surface area contributed by atoms with Gasteiger partial charge in [-0.15, -0.1) is 0 Å². The molecular weight excluding hydrogens is 220 g/mol. The summed E-state index contributed by atoms with van der Waals surface area (Å²) in [6.45, 7) is 0.209. The van der Waals surface area contributed by atoms with E-state index in [1.54, 1.807) is 12.2 Å². The Morgan fingerprint density at radius 1 is 1.18 bits per heavy atom. The molecule has 1 aliphatic heterocycles. The Balaban J connectivity index is 1.86. The molecule has 1 aromatic carbocycles. The van der Waals surface area contributed by atoms with Gasteiger partial charge in [-0.3, -0.25) is 0 Å². The average Bonchev–Trinajstić information content (AvgIpc) is 2.39. The van der Waals surface area contributed by atoms with Gasteiger partial charge in [0, 0.05) is 0 Å². The molecule has 17 heavy (non-hydrogen) atoms. The standard InChI is InChI=1S/C13H16O4/c14-8-12-11(15)6-7-13(17-12)16-9-10-4-2-1-3-5-10/h1-7,11-15H,8-9H2/t11-,12+,13-/m0/s1. The molecule has 0 unspecified atom stereocenters. The van der Waals surface area contributed by atoms with Crippen molar-refractivity contribution in [2.75, 3.05) is 6.61 Å². The van der Waals surface area contributed by atoms with E-state index in [9.17, 15) is 5.11 Å². The molecule has 4 heteroatoms. The molecule has 2 rings (SSSR count). The molecule has 0 amide bonds. The van der Waals surface area contributed by atoms with Crippen molar-refractivity contribution in [3.05, 3.63) is 48.0 Å². The number of aliphatic hydroxyl groups excluding tert-OH is 2. The molecule has 0 spiro atoms. The minimum atomic E-state index is -0.767. The van der Waals surface area contributed by atoms with Crippen molar-refractivity contribution in [2.45, 2.75) is 25.1 Å². The molecule has 1 heterocycles. The summed E-state index contributed by atoms with van der Waals surface area (Å²) in [6.07, 6.45) is 1.34. The van der Waals surface area contributed by atoms with Crippen LogP contribution in [0.4, 0.5) is 0 Å². The summed E-state index contributed by atoms with van der Waals surface area (Å²) in [7, 11) is 0. The van der Waals surface area contributed by atoms with Crippen LogP contribution in [0.1, 0.15) is 5.56 Å². The summed E-state index contributed by atoms with van der Waals surface area (Å²) in [4.78, 5) is 0. The molecule has 0 aromatic heterocycles. The van der Waals surface area contributed by atoms with Crippen molar-refractivity contribution in [2.24, 2.45) is 0 Å². The number of hydrogen-bond acceptors (Lipinski definition) is 4. The van der Waals surface area contributed by atoms with Crippen molar-refractivity contribution in [3.8, 4) is 0 Å². The lowest BCUT2D eigenvalue weighted by Crippen LogP contribution is -2.38. The van der Waals surface area contributed by atoms with E-state index in [1.165, 1.54) is 0 Å². The number of rotatable bonds is 4. The summed E-state index contributed by atoms with van der Waals surface area (Å²) in [5, 5.41) is 18.4. The van der Waals surface area contributed by atoms with Crippen molar-refractivity contribution >= 4 is 0 Å². The van der Waals surface area contributed by atoms with E-state index in [4.69, 9.17) is 14.6 Å². The Bertz CT molecular complexity index is 363. The van der Waals surface area contributed by atoms with Crippen LogP contribution in [0.2, 0.25) is 0 Å². The highest BCUT2D eigenvalue weighted by Crippen LogP contribution is 2.15. The summed E-state index contributed by atoms with van der Waals surface area (Å²) in [6, 6.07) is 9.75. The second kappa shape index (κ2) is 5.93. The Labute approximate surface area is 100 Å². The van der Waals surface area contributed by atoms with E-state index in [0.29, 0.717) is 6.61 Å². The Kier molecular flexibility index (Phi) is 4.28. The monoisotopic (exact) mass is 236 g/mol. The van der Waals surface area contributed by atoms with Crippen LogP contribution in [-0.4, -0.2) is 35.3 Å². The third-order valence-electron chi connectivity index (χ3n) is 2.59. The highest BCUT2D eigenvalue weighted by atomic mass is 16.7. The molecule has 0 fully saturated rings. The predicted octanol–water partition coefficient (Wildman–Crippen LogP) is 0.837. The zero-order valence-electron chi connectivity index (χ0n) is 9.40. The maximum Gasteiger partial charge on any atom is 0.177 e. The highest BCUT2D eigenvalue weighted by molar-refractivity contribution is 5.13. The maximum atomic E-state index is 9.44. The van der Waals surface area contributed by atoms with Crippen molar-refractivity contribution in [1.82, 2.24) is 0 Å². The number of ether oxygens (including phenoxy) is 2. The zero-order valence-corrected chi connectivity index (χ0v) is 9.40. The lowest BCUT2D eigenvalue weighted by atomic mass is 10.1. The molecule has 0 bridgehead atoms. The average molecular weight is 236 g/mol. The summed E-state index contributed by atoms with van der Waals surface area (Å²) < 4.78 is 10.9. The molecule has 0 saturated heterocycles. The van der Waals surface area contributed by atoms with Gasteiger partial charge in [0.25, 0.3) is 0 Å². The van der Waals surface area contributed by atoms with Crippen LogP contribution < -0.4 is 0 Å². The largest absolute Gasteiger partial charge is 0.394 e. The number of benzene rings is 1. The van der Waals surface area contributed by atoms with Crippen LogP contribution in [0.15, 0.2) is 42.5 Å². The van der Waals surface area contributed by atoms with Gasteiger partial charge in [-0.25, -0.2) is 0 Å². The first-order valence-corrected chi connectivity index (χ1v) is 5.58. The van der Waals surface area contributed by atoms with E-state index in [0.717, 1.165) is 5.56 Å². The third-order valence-corrected chi connectivity index (χ3v) is 2.59. The van der Waals surface area contributed by atoms with E-state index in [-0.39, 0.29) is 6.61 Å². The van der Waals surface area contributed by atoms with Crippen LogP contribution in [-0.2, 0) is 16.1 Å². The van der Waals surface area contributed by atoms with Gasteiger partial charge in [0.15, 0.2) is 6.29 Å². The summed E-state index contributed by atoms with van der Waals surface area (Å²) >= 11 is 0. The molecule has 0 aliphatic carbocycles. The van der Waals surface area contributed by atoms with Gasteiger partial charge < -0.3 is 19.7 Å². The molecule has 2 N–H and O–H groups in total. The number of hydrogen-bond donors (Lipinski definition) is 2. The molecule has 4 nitrogen and oxygen atoms in total. The first-order chi connectivity index (χ1) is 8.29. The Hall–Kier alpha value is -1.20. The van der Waals surface area contributed by atoms with E-state index >= 15 is 0 Å². The maximum absolute atomic E-state index is 9.44. The summed E-state index contributed by atoms with van der Waals surface area (Å²) in [5.74, 6) is 0. The molecule has 0 radical (unpaired) electrons. The second-order valence-electron chi connectivity index (χ2n) is 3.90. The van der Waals surface area contributed by atoms with Crippen LogP contribution in [0, 0.1) is 0 Å². The SMILES string of the molecule is OC[C@H]1O[C@H](OCc2ccccc2)C=C[C@@H]1O. The third kappa shape index (κ3) is 3.38. The predicted molar refractivity (Wildman–Crippen MR) is 62.1 cm³/mol. The van der Waals surface area contributed by atoms with Gasteiger partial charge in [0.2, 0.25) is 0 Å². The van der Waals surface area contributed by atoms with Crippen LogP contribution in [0.3, 0.4) is 0 Å². The Morgan fingerprint density at radius 3 is 2.65 bits per heavy atom. The first kappa shape index (κ1) is 12.3. The van der Waals surface area contributed by atoms with Gasteiger partial charge in [-0.2, -0.15) is 0 Å². The van der Waals surface area contributed by atoms with E-state index in [1.807, 2.05) is 30.3 Å². The summed E-state index contributed by atoms with van der Waals surface area (Å²) in [5.41, 5.74) is 1.05. The molecule has 1 aromatic rings. The molecule has 92 valence electrons. The molecule has 3 atom stereocenters. The van der Waals surface area contributed by atoms with Gasteiger partial charge >= 0.3 is 0 Å². The quantitative estimate of drug-likeness (QED) is 0.760. The van der Waals surface area contributed by atoms with Crippen molar-refractivity contribution in [1.29, 1.82) is 0 Å². The van der Waals surface area contributed by atoms with Gasteiger partial charge in [0.1, 0.15) is 12.2 Å². The lowest BCUT2D eigenvalue weighted by molar-refractivity contribution is -0.184. The second-order valence-corrected chi connectivity index (χ2v) is 3.90. The zero-order chi connectivity index (χ0) is 12.1. The smallest absolute Gasteiger partial charge is 0.177 e. The number of aliphatic hydroxyl groups is 2. The minimum Gasteiger partial charge on any atom is -0.394 e. The van der Waals surface area contributed by atoms with Crippen molar-refractivity contribution in [3.63, 3.8) is 0 Å². The lowest BCUT2D eigenvalue weighted by Gasteiger charge is -2.28. The van der Waals surface area contributed by atoms with Gasteiger partial charge in [-0.1, -0.05) is 36.4 Å². The van der Waals surface area contributed by atoms with Crippen molar-refractivity contribution < 1.29 is 19.7 Å². The first-order valence-electron chi connectivity index (χ1n) is 5.58. The fourth-order valence-electron chi connectivity index (χ4n) is 1.63. The minimum absolute atomic E-state index is 0.225. The van der Waals surface area contributed by atoms with E-state index < -0.39 is 18.5 Å². The topological polar surface area (TPSA) is 58.9 Å². The highest BCUT2D eigenvalue weighted by Gasteiger charge is 2.25. The van der Waals surface area contributed by atoms with Crippen LogP contribution in [0.25, 0.3) is 0 Å². The molecule has 0 saturated carbocycles. The van der Waals surface area contributed by atoms with Crippen LogP contribution in [0.5, 0.6) is 0 Å². The molecule has 1 aliphatic rings. The molecular formula is C13H16O4. The fraction of sp³-hybridized carbons (Fsp3) is 0.385. The normalized spacial score (nSPS) is 28.2. The van der Waals surface area contributed by atoms with Crippen LogP contribution >= 0.6 is 0 Å². The van der Waals surface area contributed by atoms with Gasteiger partial charge in [-0.05, 0) is 11.6 Å².